The fourth-order valence-electron chi connectivity index (χ4n) is 4.40. The maximum Gasteiger partial charge on any atom is 0.409 e. The number of hydrogen-bond acceptors (Lipinski definition) is 7. The van der Waals surface area contributed by atoms with Gasteiger partial charge in [0.05, 0.1) is 18.4 Å². The summed E-state index contributed by atoms with van der Waals surface area (Å²) < 4.78 is 11.1. The molecule has 2 N–H and O–H groups in total. The molecule has 10 nitrogen and oxygen atoms in total. The smallest absolute Gasteiger partial charge is 0.409 e. The van der Waals surface area contributed by atoms with Gasteiger partial charge in [0.2, 0.25) is 11.8 Å². The first-order valence-corrected chi connectivity index (χ1v) is 13.5. The van der Waals surface area contributed by atoms with E-state index in [1.807, 2.05) is 13.8 Å². The summed E-state index contributed by atoms with van der Waals surface area (Å²) in [6.07, 6.45) is 5.46. The minimum absolute atomic E-state index is 0.119. The van der Waals surface area contributed by atoms with Gasteiger partial charge in [0.1, 0.15) is 11.6 Å². The number of carbonyl (C=O) groups is 4. The summed E-state index contributed by atoms with van der Waals surface area (Å²) in [6, 6.07) is 2.53. The topological polar surface area (TPSA) is 127 Å². The van der Waals surface area contributed by atoms with Gasteiger partial charge in [0, 0.05) is 31.7 Å². The molecule has 2 rings (SSSR count). The van der Waals surface area contributed by atoms with E-state index < -0.39 is 35.5 Å². The molecule has 212 valence electrons. The van der Waals surface area contributed by atoms with Gasteiger partial charge in [-0.25, -0.2) is 4.79 Å². The Labute approximate surface area is 226 Å². The number of nitrogens with zero attached hydrogens (tertiary/aromatic N) is 2. The quantitative estimate of drug-likeness (QED) is 0.545. The highest BCUT2D eigenvalue weighted by Gasteiger charge is 2.38. The second-order valence-electron chi connectivity index (χ2n) is 11.3. The zero-order valence-electron chi connectivity index (χ0n) is 23.6. The average Bonchev–Trinajstić information content (AvgIpc) is 2.83. The third-order valence-electron chi connectivity index (χ3n) is 6.27. The Morgan fingerprint density at radius 3 is 2.47 bits per heavy atom. The van der Waals surface area contributed by atoms with Gasteiger partial charge >= 0.3 is 12.1 Å². The molecule has 0 unspecified atom stereocenters. The predicted molar refractivity (Wildman–Crippen MR) is 144 cm³/mol. The minimum Gasteiger partial charge on any atom is -0.460 e. The van der Waals surface area contributed by atoms with Gasteiger partial charge in [-0.05, 0) is 77.3 Å². The van der Waals surface area contributed by atoms with E-state index in [0.717, 1.165) is 0 Å². The molecule has 0 aromatic carbocycles. The molecule has 0 aliphatic carbocycles. The molecule has 38 heavy (non-hydrogen) atoms. The molecule has 1 saturated heterocycles. The monoisotopic (exact) mass is 532 g/mol. The molecule has 3 amide bonds. The Balaban J connectivity index is 2.37. The number of pyridine rings is 1. The van der Waals surface area contributed by atoms with Crippen LogP contribution in [0.4, 0.5) is 10.5 Å². The molecular formula is C28H44N4O6. The van der Waals surface area contributed by atoms with E-state index in [-0.39, 0.29) is 24.3 Å². The van der Waals surface area contributed by atoms with Gasteiger partial charge < -0.3 is 25.0 Å². The van der Waals surface area contributed by atoms with Crippen LogP contribution in [0, 0.1) is 17.8 Å². The van der Waals surface area contributed by atoms with Crippen LogP contribution >= 0.6 is 0 Å². The fraction of sp³-hybridized carbons (Fsp3) is 0.679. The van der Waals surface area contributed by atoms with Crippen molar-refractivity contribution >= 4 is 29.6 Å². The van der Waals surface area contributed by atoms with E-state index in [9.17, 15) is 19.2 Å². The van der Waals surface area contributed by atoms with Crippen molar-refractivity contribution in [2.75, 3.05) is 25.5 Å². The minimum atomic E-state index is -0.813. The van der Waals surface area contributed by atoms with Gasteiger partial charge in [0.25, 0.3) is 0 Å². The maximum atomic E-state index is 13.7. The third-order valence-corrected chi connectivity index (χ3v) is 6.27. The lowest BCUT2D eigenvalue weighted by Gasteiger charge is -2.30. The molecule has 1 fully saturated rings. The first-order chi connectivity index (χ1) is 17.9. The van der Waals surface area contributed by atoms with Crippen molar-refractivity contribution in [3.63, 3.8) is 0 Å². The average molecular weight is 533 g/mol. The van der Waals surface area contributed by atoms with E-state index in [0.29, 0.717) is 50.8 Å². The molecule has 2 heterocycles. The number of amides is 3. The first-order valence-electron chi connectivity index (χ1n) is 13.5. The first kappa shape index (κ1) is 31.1. The molecule has 1 aliphatic rings. The second kappa shape index (κ2) is 14.7. The highest BCUT2D eigenvalue weighted by molar-refractivity contribution is 5.97. The van der Waals surface area contributed by atoms with Crippen LogP contribution < -0.4 is 10.6 Å². The van der Waals surface area contributed by atoms with Crippen molar-refractivity contribution in [2.24, 2.45) is 17.8 Å². The maximum absolute atomic E-state index is 13.7. The summed E-state index contributed by atoms with van der Waals surface area (Å²) in [7, 11) is 1.66. The molecule has 0 radical (unpaired) electrons. The zero-order valence-corrected chi connectivity index (χ0v) is 23.6. The lowest BCUT2D eigenvalue weighted by Crippen LogP contribution is -2.49. The molecule has 1 aromatic rings. The number of hydrogen-bond donors (Lipinski definition) is 2. The Morgan fingerprint density at radius 2 is 1.84 bits per heavy atom. The highest BCUT2D eigenvalue weighted by Crippen LogP contribution is 2.29. The van der Waals surface area contributed by atoms with Crippen molar-refractivity contribution in [3.8, 4) is 0 Å². The Hall–Kier alpha value is -3.17. The van der Waals surface area contributed by atoms with Crippen molar-refractivity contribution in [1.29, 1.82) is 0 Å². The third kappa shape index (κ3) is 10.7. The molecule has 1 aliphatic heterocycles. The molecule has 10 heteroatoms. The van der Waals surface area contributed by atoms with Gasteiger partial charge in [-0.2, -0.15) is 0 Å². The second-order valence-corrected chi connectivity index (χ2v) is 11.3. The van der Waals surface area contributed by atoms with Gasteiger partial charge in [-0.15, -0.1) is 0 Å². The molecule has 1 aromatic heterocycles. The summed E-state index contributed by atoms with van der Waals surface area (Å²) in [4.78, 5) is 58.1. The molecule has 0 saturated carbocycles. The Bertz CT molecular complexity index is 931. The van der Waals surface area contributed by atoms with Crippen molar-refractivity contribution in [3.05, 3.63) is 24.5 Å². The number of cyclic esters (lactones) is 1. The van der Waals surface area contributed by atoms with Crippen LogP contribution in [0.3, 0.4) is 0 Å². The van der Waals surface area contributed by atoms with Gasteiger partial charge in [-0.3, -0.25) is 19.4 Å². The Morgan fingerprint density at radius 1 is 1.16 bits per heavy atom. The summed E-state index contributed by atoms with van der Waals surface area (Å²) in [5, 5.41) is 5.79. The largest absolute Gasteiger partial charge is 0.460 e. The number of carbonyl (C=O) groups excluding carboxylic acids is 4. The van der Waals surface area contributed by atoms with Crippen LogP contribution in [-0.4, -0.2) is 65.6 Å². The number of nitrogens with one attached hydrogen (secondary N) is 2. The van der Waals surface area contributed by atoms with Crippen molar-refractivity contribution in [1.82, 2.24) is 15.2 Å². The van der Waals surface area contributed by atoms with E-state index in [1.165, 1.54) is 4.90 Å². The summed E-state index contributed by atoms with van der Waals surface area (Å²) in [5.74, 6) is -2.50. The van der Waals surface area contributed by atoms with Crippen molar-refractivity contribution < 1.29 is 28.7 Å². The van der Waals surface area contributed by atoms with E-state index in [2.05, 4.69) is 15.6 Å². The number of aromatic nitrogens is 1. The number of rotatable bonds is 5. The summed E-state index contributed by atoms with van der Waals surface area (Å²) >= 11 is 0. The lowest BCUT2D eigenvalue weighted by atomic mass is 9.81. The lowest BCUT2D eigenvalue weighted by molar-refractivity contribution is -0.164. The van der Waals surface area contributed by atoms with Crippen LogP contribution in [0.2, 0.25) is 0 Å². The van der Waals surface area contributed by atoms with Gasteiger partial charge in [0.15, 0.2) is 0 Å². The number of ether oxygens (including phenoxy) is 2. The highest BCUT2D eigenvalue weighted by atomic mass is 16.6. The number of esters is 1. The molecule has 3 atom stereocenters. The van der Waals surface area contributed by atoms with E-state index in [4.69, 9.17) is 9.47 Å². The summed E-state index contributed by atoms with van der Waals surface area (Å²) in [5.41, 5.74) is -0.155. The predicted octanol–water partition coefficient (Wildman–Crippen LogP) is 4.16. The zero-order chi connectivity index (χ0) is 28.3. The van der Waals surface area contributed by atoms with Crippen LogP contribution in [0.1, 0.15) is 73.1 Å². The molecular weight excluding hydrogens is 488 g/mol. The van der Waals surface area contributed by atoms with Crippen LogP contribution in [0.5, 0.6) is 0 Å². The van der Waals surface area contributed by atoms with Crippen molar-refractivity contribution in [2.45, 2.75) is 84.8 Å². The Kier molecular flexibility index (Phi) is 12.0. The van der Waals surface area contributed by atoms with Gasteiger partial charge in [-0.1, -0.05) is 13.8 Å². The van der Waals surface area contributed by atoms with Crippen LogP contribution in [0.15, 0.2) is 24.5 Å². The normalized spacial score (nSPS) is 22.5. The molecule has 0 spiro atoms. The standard InChI is InChI=1S/C28H44N4O6/c1-19(2)18-22-21(26(35)38-28(3,4)5)10-9-17-37-27(36)32(6)16-8-7-11-23(31-24(22)33)25(34)30-20-12-14-29-15-13-20/h12-15,19,21-23H,7-11,16-18H2,1-6H3,(H,31,33)(H,29,30,34)/t21-,22+,23-/m0/s1. The van der Waals surface area contributed by atoms with E-state index in [1.54, 1.807) is 52.3 Å². The van der Waals surface area contributed by atoms with E-state index >= 15 is 0 Å². The SMILES string of the molecule is CC(C)C[C@H]1C(=O)N[C@H](C(=O)Nc2ccncc2)CCCCN(C)C(=O)OCCC[C@@H]1C(=O)OC(C)(C)C. The van der Waals surface area contributed by atoms with Crippen LogP contribution in [0.25, 0.3) is 0 Å². The fourth-order valence-corrected chi connectivity index (χ4v) is 4.40. The number of anilines is 1. The molecule has 0 bridgehead atoms. The summed E-state index contributed by atoms with van der Waals surface area (Å²) in [6.45, 7) is 9.92. The van der Waals surface area contributed by atoms with Crippen LogP contribution in [-0.2, 0) is 23.9 Å².